The largest absolute Gasteiger partial charge is 0.477 e. The molecule has 1 N–H and O–H groups in total. The molecule has 0 aliphatic heterocycles. The van der Waals surface area contributed by atoms with Crippen molar-refractivity contribution in [3.63, 3.8) is 0 Å². The lowest BCUT2D eigenvalue weighted by atomic mass is 10.0. The van der Waals surface area contributed by atoms with Crippen LogP contribution in [-0.2, 0) is 28.6 Å². The predicted octanol–water partition coefficient (Wildman–Crippen LogP) is 16.0. The third kappa shape index (κ3) is 45.3. The monoisotopic (exact) mass is 895 g/mol. The number of rotatable bonds is 51. The first-order valence-corrected chi connectivity index (χ1v) is 27.6. The lowest BCUT2D eigenvalue weighted by Crippen LogP contribution is -2.50. The highest BCUT2D eigenvalue weighted by atomic mass is 16.6. The van der Waals surface area contributed by atoms with Crippen molar-refractivity contribution >= 4 is 17.9 Å². The molecule has 2 atom stereocenters. The van der Waals surface area contributed by atoms with Gasteiger partial charge < -0.3 is 23.8 Å². The molecule has 0 radical (unpaired) electrons. The Labute approximate surface area is 391 Å². The zero-order chi connectivity index (χ0) is 46.3. The predicted molar refractivity (Wildman–Crippen MR) is 266 cm³/mol. The summed E-state index contributed by atoms with van der Waals surface area (Å²) >= 11 is 0. The Balaban J connectivity index is 4.12. The summed E-state index contributed by atoms with van der Waals surface area (Å²) in [6.45, 7) is 4.81. The lowest BCUT2D eigenvalue weighted by molar-refractivity contribution is -0.887. The van der Waals surface area contributed by atoms with E-state index in [1.165, 1.54) is 212 Å². The summed E-state index contributed by atoms with van der Waals surface area (Å²) in [5.41, 5.74) is 0. The van der Waals surface area contributed by atoms with E-state index in [2.05, 4.69) is 13.8 Å². The minimum Gasteiger partial charge on any atom is -0.477 e. The number of hydrogen-bond acceptors (Lipinski definition) is 6. The van der Waals surface area contributed by atoms with Gasteiger partial charge in [0.1, 0.15) is 6.61 Å². The molecule has 0 saturated heterocycles. The lowest BCUT2D eigenvalue weighted by Gasteiger charge is -2.31. The number of likely N-dealkylation sites (N-methyl/N-ethyl adjacent to an activating group) is 1. The molecule has 0 heterocycles. The number of carbonyl (C=O) groups excluding carboxylic acids is 2. The summed E-state index contributed by atoms with van der Waals surface area (Å²) in [6, 6.07) is -0.609. The Kier molecular flexibility index (Phi) is 45.6. The van der Waals surface area contributed by atoms with Gasteiger partial charge in [-0.3, -0.25) is 9.59 Å². The number of carboxylic acids is 1. The summed E-state index contributed by atoms with van der Waals surface area (Å²) in [6.07, 6.45) is 51.6. The van der Waals surface area contributed by atoms with Crippen LogP contribution in [0.3, 0.4) is 0 Å². The van der Waals surface area contributed by atoms with E-state index in [9.17, 15) is 19.5 Å². The van der Waals surface area contributed by atoms with Gasteiger partial charge in [0.2, 0.25) is 0 Å². The number of carbonyl (C=O) groups is 3. The van der Waals surface area contributed by atoms with Crippen LogP contribution >= 0.6 is 0 Å². The van der Waals surface area contributed by atoms with Crippen LogP contribution in [0.25, 0.3) is 0 Å². The molecule has 0 aromatic carbocycles. The quantitative estimate of drug-likeness (QED) is 0.0369. The van der Waals surface area contributed by atoms with E-state index in [1.807, 2.05) is 21.1 Å². The van der Waals surface area contributed by atoms with Crippen LogP contribution in [0.15, 0.2) is 0 Å². The molecule has 0 aromatic heterocycles. The van der Waals surface area contributed by atoms with Crippen LogP contribution in [-0.4, -0.2) is 80.6 Å². The summed E-state index contributed by atoms with van der Waals surface area (Å²) in [5, 5.41) is 9.66. The van der Waals surface area contributed by atoms with Crippen molar-refractivity contribution in [2.24, 2.45) is 0 Å². The summed E-state index contributed by atoms with van der Waals surface area (Å²) in [7, 11) is 5.56. The Hall–Kier alpha value is -1.67. The maximum absolute atomic E-state index is 12.8. The number of nitrogens with zero attached hydrogens (tertiary/aromatic N) is 1. The standard InChI is InChI=1S/C55H107NO7/c1-6-8-10-12-14-16-18-20-22-24-25-26-27-28-29-30-32-34-36-38-40-42-44-46-54(58)63-51(49-61-48-47-52(55(59)60)56(3,4)5)50-62-53(57)45-43-41-39-37-35-33-31-23-21-19-17-15-13-11-9-7-2/h51-52H,6-50H2,1-5H3/p+1. The number of aliphatic carboxylic acids is 1. The van der Waals surface area contributed by atoms with Crippen molar-refractivity contribution in [2.75, 3.05) is 41.0 Å². The topological polar surface area (TPSA) is 99.1 Å². The molecule has 0 aromatic rings. The Bertz CT molecular complexity index is 998. The van der Waals surface area contributed by atoms with E-state index >= 15 is 0 Å². The van der Waals surface area contributed by atoms with Crippen molar-refractivity contribution in [1.82, 2.24) is 0 Å². The van der Waals surface area contributed by atoms with E-state index in [0.717, 1.165) is 38.5 Å². The number of carboxylic acid groups (broad SMARTS) is 1. The SMILES string of the molecule is CCCCCCCCCCCCCCCCCCCCCCCCCC(=O)OC(COCCC(C(=O)O)[N+](C)(C)C)COC(=O)CCCCCCCCCCCCCCCCCC. The van der Waals surface area contributed by atoms with Gasteiger partial charge >= 0.3 is 17.9 Å². The van der Waals surface area contributed by atoms with Gasteiger partial charge in [0.15, 0.2) is 12.1 Å². The van der Waals surface area contributed by atoms with Gasteiger partial charge in [-0.2, -0.15) is 0 Å². The maximum Gasteiger partial charge on any atom is 0.362 e. The molecule has 0 spiro atoms. The van der Waals surface area contributed by atoms with Crippen molar-refractivity contribution in [1.29, 1.82) is 0 Å². The third-order valence-corrected chi connectivity index (χ3v) is 13.0. The summed E-state index contributed by atoms with van der Waals surface area (Å²) in [5.74, 6) is -1.43. The van der Waals surface area contributed by atoms with Gasteiger partial charge in [0.25, 0.3) is 0 Å². The number of ether oxygens (including phenoxy) is 3. The minimum absolute atomic E-state index is 0.0411. The van der Waals surface area contributed by atoms with E-state index in [1.54, 1.807) is 0 Å². The van der Waals surface area contributed by atoms with Gasteiger partial charge in [0, 0.05) is 19.3 Å². The molecule has 374 valence electrons. The van der Waals surface area contributed by atoms with Crippen molar-refractivity contribution in [3.8, 4) is 0 Å². The van der Waals surface area contributed by atoms with Gasteiger partial charge in [-0.15, -0.1) is 0 Å². The highest BCUT2D eigenvalue weighted by molar-refractivity contribution is 5.72. The maximum atomic E-state index is 12.8. The van der Waals surface area contributed by atoms with Crippen LogP contribution in [0.5, 0.6) is 0 Å². The molecule has 0 rings (SSSR count). The van der Waals surface area contributed by atoms with Gasteiger partial charge in [0.05, 0.1) is 34.4 Å². The molecule has 8 heteroatoms. The third-order valence-electron chi connectivity index (χ3n) is 13.0. The normalized spacial score (nSPS) is 12.7. The Morgan fingerprint density at radius 3 is 0.984 bits per heavy atom. The minimum atomic E-state index is -0.868. The van der Waals surface area contributed by atoms with Gasteiger partial charge in [-0.25, -0.2) is 4.79 Å². The molecule has 0 aliphatic carbocycles. The Morgan fingerprint density at radius 1 is 0.413 bits per heavy atom. The van der Waals surface area contributed by atoms with Crippen LogP contribution in [0.4, 0.5) is 0 Å². The zero-order valence-corrected chi connectivity index (χ0v) is 42.8. The molecule has 63 heavy (non-hydrogen) atoms. The van der Waals surface area contributed by atoms with Crippen LogP contribution in [0.1, 0.15) is 284 Å². The van der Waals surface area contributed by atoms with Crippen molar-refractivity contribution < 1.29 is 38.2 Å². The first-order valence-electron chi connectivity index (χ1n) is 27.6. The molecule has 0 fully saturated rings. The Morgan fingerprint density at radius 2 is 0.698 bits per heavy atom. The fourth-order valence-corrected chi connectivity index (χ4v) is 8.74. The second kappa shape index (κ2) is 46.8. The molecule has 0 amide bonds. The average molecular weight is 895 g/mol. The van der Waals surface area contributed by atoms with Crippen LogP contribution in [0, 0.1) is 0 Å². The first-order chi connectivity index (χ1) is 30.6. The molecular weight excluding hydrogens is 787 g/mol. The van der Waals surface area contributed by atoms with Gasteiger partial charge in [-0.1, -0.05) is 251 Å². The van der Waals surface area contributed by atoms with E-state index in [4.69, 9.17) is 14.2 Å². The molecule has 0 aliphatic rings. The molecular formula is C55H108NO7+. The highest BCUT2D eigenvalue weighted by Gasteiger charge is 2.31. The van der Waals surface area contributed by atoms with E-state index in [0.29, 0.717) is 19.3 Å². The van der Waals surface area contributed by atoms with E-state index in [-0.39, 0.29) is 36.2 Å². The summed E-state index contributed by atoms with van der Waals surface area (Å²) < 4.78 is 17.4. The van der Waals surface area contributed by atoms with Crippen LogP contribution < -0.4 is 0 Å². The summed E-state index contributed by atoms with van der Waals surface area (Å²) in [4.78, 5) is 37.2. The fourth-order valence-electron chi connectivity index (χ4n) is 8.74. The fraction of sp³-hybridized carbons (Fsp3) is 0.945. The molecule has 0 saturated carbocycles. The zero-order valence-electron chi connectivity index (χ0n) is 42.8. The van der Waals surface area contributed by atoms with E-state index < -0.39 is 18.1 Å². The van der Waals surface area contributed by atoms with Gasteiger partial charge in [-0.05, 0) is 12.8 Å². The number of esters is 2. The number of quaternary nitrogens is 1. The van der Waals surface area contributed by atoms with Crippen molar-refractivity contribution in [3.05, 3.63) is 0 Å². The molecule has 8 nitrogen and oxygen atoms in total. The molecule has 0 bridgehead atoms. The molecule has 2 unspecified atom stereocenters. The second-order valence-corrected chi connectivity index (χ2v) is 20.2. The van der Waals surface area contributed by atoms with Crippen LogP contribution in [0.2, 0.25) is 0 Å². The average Bonchev–Trinajstić information content (AvgIpc) is 3.24. The number of hydrogen-bond donors (Lipinski definition) is 1. The second-order valence-electron chi connectivity index (χ2n) is 20.2. The smallest absolute Gasteiger partial charge is 0.362 e. The first kappa shape index (κ1) is 61.3. The van der Waals surface area contributed by atoms with Crippen molar-refractivity contribution in [2.45, 2.75) is 296 Å². The number of unbranched alkanes of at least 4 members (excludes halogenated alkanes) is 37. The highest BCUT2D eigenvalue weighted by Crippen LogP contribution is 2.18.